The summed E-state index contributed by atoms with van der Waals surface area (Å²) in [7, 11) is 0. The van der Waals surface area contributed by atoms with Crippen LogP contribution in [0.3, 0.4) is 0 Å². The highest BCUT2D eigenvalue weighted by molar-refractivity contribution is 7.99. The maximum atomic E-state index is 11.9. The molecule has 1 aromatic heterocycles. The van der Waals surface area contributed by atoms with Gasteiger partial charge in [-0.1, -0.05) is 30.0 Å². The Bertz CT molecular complexity index is 573. The van der Waals surface area contributed by atoms with Gasteiger partial charge in [-0.2, -0.15) is 5.26 Å². The monoisotopic (exact) mass is 254 g/mol. The molecular formula is C14H10N2OS. The summed E-state index contributed by atoms with van der Waals surface area (Å²) in [4.78, 5) is 16.0. The van der Waals surface area contributed by atoms with Crippen molar-refractivity contribution >= 4 is 17.5 Å². The van der Waals surface area contributed by atoms with Crippen LogP contribution in [0.2, 0.25) is 0 Å². The van der Waals surface area contributed by atoms with Gasteiger partial charge >= 0.3 is 0 Å². The summed E-state index contributed by atoms with van der Waals surface area (Å²) in [5.74, 6) is 0.387. The normalized spacial score (nSPS) is 9.72. The van der Waals surface area contributed by atoms with Gasteiger partial charge in [-0.3, -0.25) is 4.79 Å². The Morgan fingerprint density at radius 2 is 2.00 bits per heavy atom. The number of hydrogen-bond acceptors (Lipinski definition) is 4. The van der Waals surface area contributed by atoms with Crippen LogP contribution in [-0.4, -0.2) is 16.5 Å². The summed E-state index contributed by atoms with van der Waals surface area (Å²) in [6.07, 6.45) is 1.70. The summed E-state index contributed by atoms with van der Waals surface area (Å²) in [5.41, 5.74) is 1.18. The number of thioether (sulfide) groups is 1. The van der Waals surface area contributed by atoms with E-state index >= 15 is 0 Å². The zero-order valence-corrected chi connectivity index (χ0v) is 10.4. The van der Waals surface area contributed by atoms with E-state index in [9.17, 15) is 4.79 Å². The van der Waals surface area contributed by atoms with Crippen LogP contribution in [-0.2, 0) is 0 Å². The molecule has 1 heterocycles. The van der Waals surface area contributed by atoms with Crippen LogP contribution in [0.1, 0.15) is 15.9 Å². The lowest BCUT2D eigenvalue weighted by Gasteiger charge is -2.01. The molecule has 0 amide bonds. The van der Waals surface area contributed by atoms with Crippen molar-refractivity contribution in [1.29, 1.82) is 5.26 Å². The number of nitriles is 1. The Hall–Kier alpha value is -2.12. The number of ketones is 1. The van der Waals surface area contributed by atoms with E-state index in [2.05, 4.69) is 4.98 Å². The minimum atomic E-state index is 0.0372. The van der Waals surface area contributed by atoms with Crippen LogP contribution in [0, 0.1) is 11.3 Å². The van der Waals surface area contributed by atoms with Gasteiger partial charge in [0.15, 0.2) is 5.78 Å². The van der Waals surface area contributed by atoms with E-state index in [1.54, 1.807) is 30.5 Å². The molecule has 0 spiro atoms. The van der Waals surface area contributed by atoms with Crippen molar-refractivity contribution in [2.45, 2.75) is 5.03 Å². The predicted molar refractivity (Wildman–Crippen MR) is 70.4 cm³/mol. The summed E-state index contributed by atoms with van der Waals surface area (Å²) in [5, 5.41) is 9.50. The fraction of sp³-hybridized carbons (Fsp3) is 0.0714. The van der Waals surface area contributed by atoms with Crippen LogP contribution < -0.4 is 0 Å². The molecule has 1 aromatic carbocycles. The molecular weight excluding hydrogens is 244 g/mol. The zero-order valence-electron chi connectivity index (χ0n) is 9.54. The zero-order chi connectivity index (χ0) is 12.8. The molecule has 0 N–H and O–H groups in total. The summed E-state index contributed by atoms with van der Waals surface area (Å²) >= 11 is 1.41. The van der Waals surface area contributed by atoms with Crippen LogP contribution in [0.4, 0.5) is 0 Å². The van der Waals surface area contributed by atoms with Crippen LogP contribution >= 0.6 is 11.8 Å². The molecule has 2 rings (SSSR count). The second-order valence-electron chi connectivity index (χ2n) is 3.57. The van der Waals surface area contributed by atoms with Crippen molar-refractivity contribution < 1.29 is 4.79 Å². The van der Waals surface area contributed by atoms with Crippen molar-refractivity contribution in [3.8, 4) is 6.07 Å². The van der Waals surface area contributed by atoms with E-state index < -0.39 is 0 Å². The lowest BCUT2D eigenvalue weighted by molar-refractivity contribution is 0.102. The van der Waals surface area contributed by atoms with Gasteiger partial charge in [-0.15, -0.1) is 0 Å². The summed E-state index contributed by atoms with van der Waals surface area (Å²) in [6.45, 7) is 0. The topological polar surface area (TPSA) is 53.8 Å². The number of hydrogen-bond donors (Lipinski definition) is 0. The molecule has 88 valence electrons. The number of carbonyl (C=O) groups excluding carboxylic acids is 1. The third-order valence-corrected chi connectivity index (χ3v) is 3.27. The first-order chi connectivity index (χ1) is 8.79. The van der Waals surface area contributed by atoms with Crippen molar-refractivity contribution in [1.82, 2.24) is 4.98 Å². The van der Waals surface area contributed by atoms with Gasteiger partial charge in [0.05, 0.1) is 22.4 Å². The molecule has 0 radical (unpaired) electrons. The lowest BCUT2D eigenvalue weighted by Crippen LogP contribution is -2.02. The quantitative estimate of drug-likeness (QED) is 0.622. The van der Waals surface area contributed by atoms with Gasteiger partial charge < -0.3 is 0 Å². The van der Waals surface area contributed by atoms with Crippen LogP contribution in [0.25, 0.3) is 0 Å². The highest BCUT2D eigenvalue weighted by Gasteiger charge is 2.06. The Kier molecular flexibility index (Phi) is 4.11. The van der Waals surface area contributed by atoms with E-state index in [1.165, 1.54) is 11.8 Å². The van der Waals surface area contributed by atoms with Gasteiger partial charge in [0.2, 0.25) is 0 Å². The minimum absolute atomic E-state index is 0.0372. The SMILES string of the molecule is N#Cc1ccc(C(=O)CSc2ccccn2)cc1. The smallest absolute Gasteiger partial charge is 0.173 e. The second-order valence-corrected chi connectivity index (χ2v) is 4.56. The largest absolute Gasteiger partial charge is 0.293 e. The van der Waals surface area contributed by atoms with Gasteiger partial charge in [-0.25, -0.2) is 4.98 Å². The number of Topliss-reactive ketones (excluding diaryl/α,β-unsaturated/α-hetero) is 1. The molecule has 0 atom stereocenters. The molecule has 0 aliphatic heterocycles. The van der Waals surface area contributed by atoms with E-state index in [0.717, 1.165) is 5.03 Å². The number of benzene rings is 1. The van der Waals surface area contributed by atoms with Crippen molar-refractivity contribution in [2.75, 3.05) is 5.75 Å². The van der Waals surface area contributed by atoms with Gasteiger partial charge in [0.1, 0.15) is 0 Å². The molecule has 18 heavy (non-hydrogen) atoms. The first-order valence-electron chi connectivity index (χ1n) is 5.37. The molecule has 0 bridgehead atoms. The van der Waals surface area contributed by atoms with Crippen molar-refractivity contribution in [2.24, 2.45) is 0 Å². The van der Waals surface area contributed by atoms with E-state index in [0.29, 0.717) is 16.9 Å². The molecule has 2 aromatic rings. The lowest BCUT2D eigenvalue weighted by atomic mass is 10.1. The molecule has 0 aliphatic carbocycles. The maximum Gasteiger partial charge on any atom is 0.173 e. The highest BCUT2D eigenvalue weighted by atomic mass is 32.2. The molecule has 0 saturated carbocycles. The number of rotatable bonds is 4. The third kappa shape index (κ3) is 3.19. The fourth-order valence-corrected chi connectivity index (χ4v) is 2.14. The first-order valence-corrected chi connectivity index (χ1v) is 6.35. The fourth-order valence-electron chi connectivity index (χ4n) is 1.39. The van der Waals surface area contributed by atoms with Crippen molar-refractivity contribution in [3.63, 3.8) is 0 Å². The Morgan fingerprint density at radius 3 is 2.61 bits per heavy atom. The minimum Gasteiger partial charge on any atom is -0.293 e. The molecule has 4 heteroatoms. The predicted octanol–water partition coefficient (Wildman–Crippen LogP) is 2.93. The molecule has 3 nitrogen and oxygen atoms in total. The number of pyridine rings is 1. The Balaban J connectivity index is 1.98. The number of nitrogens with zero attached hydrogens (tertiary/aromatic N) is 2. The molecule has 0 saturated heterocycles. The Morgan fingerprint density at radius 1 is 1.22 bits per heavy atom. The van der Waals surface area contributed by atoms with E-state index in [-0.39, 0.29) is 5.78 Å². The highest BCUT2D eigenvalue weighted by Crippen LogP contribution is 2.16. The summed E-state index contributed by atoms with van der Waals surface area (Å²) in [6, 6.07) is 14.3. The number of aromatic nitrogens is 1. The third-order valence-electron chi connectivity index (χ3n) is 2.32. The standard InChI is InChI=1S/C14H10N2OS/c15-9-11-4-6-12(7-5-11)13(17)10-18-14-3-1-2-8-16-14/h1-8H,10H2. The molecule has 0 aliphatic rings. The molecule has 0 unspecified atom stereocenters. The van der Waals surface area contributed by atoms with E-state index in [1.807, 2.05) is 24.3 Å². The van der Waals surface area contributed by atoms with Crippen LogP contribution in [0.5, 0.6) is 0 Å². The van der Waals surface area contributed by atoms with Gasteiger partial charge in [-0.05, 0) is 24.3 Å². The van der Waals surface area contributed by atoms with Gasteiger partial charge in [0.25, 0.3) is 0 Å². The van der Waals surface area contributed by atoms with Gasteiger partial charge in [0, 0.05) is 11.8 Å². The molecule has 0 fully saturated rings. The van der Waals surface area contributed by atoms with Crippen LogP contribution in [0.15, 0.2) is 53.7 Å². The maximum absolute atomic E-state index is 11.9. The second kappa shape index (κ2) is 5.99. The number of carbonyl (C=O) groups is 1. The summed E-state index contributed by atoms with van der Waals surface area (Å²) < 4.78 is 0. The average Bonchev–Trinajstić information content (AvgIpc) is 2.46. The van der Waals surface area contributed by atoms with E-state index in [4.69, 9.17) is 5.26 Å². The average molecular weight is 254 g/mol. The Labute approximate surface area is 109 Å². The van der Waals surface area contributed by atoms with Crippen molar-refractivity contribution in [3.05, 3.63) is 59.8 Å². The first kappa shape index (κ1) is 12.3.